The second-order valence-electron chi connectivity index (χ2n) is 2.11. The predicted octanol–water partition coefficient (Wildman–Crippen LogP) is 0.482. The van der Waals surface area contributed by atoms with Gasteiger partial charge in [-0.2, -0.15) is 0 Å². The summed E-state index contributed by atoms with van der Waals surface area (Å²) in [5, 5.41) is 1.62. The smallest absolute Gasteiger partial charge is 0.101 e. The summed E-state index contributed by atoms with van der Waals surface area (Å²) < 4.78 is 9.78. The van der Waals surface area contributed by atoms with E-state index in [1.165, 1.54) is 12.5 Å². The van der Waals surface area contributed by atoms with E-state index in [2.05, 4.69) is 13.2 Å². The number of rotatable bonds is 8. The second-order valence-corrected chi connectivity index (χ2v) is 2.11. The number of hydrazine groups is 1. The van der Waals surface area contributed by atoms with Crippen molar-refractivity contribution < 1.29 is 9.47 Å². The molecule has 0 bridgehead atoms. The van der Waals surface area contributed by atoms with Crippen molar-refractivity contribution in [1.82, 2.24) is 5.01 Å². The summed E-state index contributed by atoms with van der Waals surface area (Å²) in [4.78, 5) is 0. The predicted molar refractivity (Wildman–Crippen MR) is 48.1 cm³/mol. The summed E-state index contributed by atoms with van der Waals surface area (Å²) in [6.07, 6.45) is 2.79. The Balaban J connectivity index is 3.14. The molecule has 0 atom stereocenters. The highest BCUT2D eigenvalue weighted by molar-refractivity contribution is 4.54. The Morgan fingerprint density at radius 3 is 1.83 bits per heavy atom. The Morgan fingerprint density at radius 2 is 1.50 bits per heavy atom. The fraction of sp³-hybridized carbons (Fsp3) is 0.500. The van der Waals surface area contributed by atoms with Crippen LogP contribution in [0, 0.1) is 0 Å². The molecule has 2 N–H and O–H groups in total. The van der Waals surface area contributed by atoms with Gasteiger partial charge < -0.3 is 9.47 Å². The average molecular weight is 172 g/mol. The molecule has 0 aromatic carbocycles. The third kappa shape index (κ3) is 7.11. The van der Waals surface area contributed by atoms with Gasteiger partial charge in [0.15, 0.2) is 0 Å². The molecule has 4 heteroatoms. The summed E-state index contributed by atoms with van der Waals surface area (Å²) in [6.45, 7) is 9.24. The van der Waals surface area contributed by atoms with E-state index in [4.69, 9.17) is 15.3 Å². The van der Waals surface area contributed by atoms with Gasteiger partial charge in [0.05, 0.1) is 12.5 Å². The van der Waals surface area contributed by atoms with Gasteiger partial charge in [-0.15, -0.1) is 0 Å². The van der Waals surface area contributed by atoms with E-state index in [0.29, 0.717) is 26.3 Å². The van der Waals surface area contributed by atoms with Crippen molar-refractivity contribution in [2.24, 2.45) is 5.84 Å². The summed E-state index contributed by atoms with van der Waals surface area (Å²) in [7, 11) is 0. The molecule has 12 heavy (non-hydrogen) atoms. The van der Waals surface area contributed by atoms with Crippen LogP contribution >= 0.6 is 0 Å². The highest BCUT2D eigenvalue weighted by atomic mass is 16.5. The normalized spacial score (nSPS) is 9.50. The molecule has 0 unspecified atom stereocenters. The van der Waals surface area contributed by atoms with Gasteiger partial charge in [0.1, 0.15) is 13.2 Å². The molecular weight excluding hydrogens is 156 g/mol. The van der Waals surface area contributed by atoms with Crippen LogP contribution in [0.15, 0.2) is 25.7 Å². The first-order valence-corrected chi connectivity index (χ1v) is 3.76. The van der Waals surface area contributed by atoms with E-state index in [9.17, 15) is 0 Å². The third-order valence-corrected chi connectivity index (χ3v) is 1.23. The van der Waals surface area contributed by atoms with Crippen LogP contribution in [0.5, 0.6) is 0 Å². The topological polar surface area (TPSA) is 47.7 Å². The van der Waals surface area contributed by atoms with Crippen molar-refractivity contribution in [1.29, 1.82) is 0 Å². The molecule has 0 spiro atoms. The molecule has 0 radical (unpaired) electrons. The molecule has 0 amide bonds. The molecule has 0 heterocycles. The van der Waals surface area contributed by atoms with Crippen molar-refractivity contribution >= 4 is 0 Å². The molecule has 0 fully saturated rings. The van der Waals surface area contributed by atoms with Crippen LogP contribution in [0.3, 0.4) is 0 Å². The van der Waals surface area contributed by atoms with Gasteiger partial charge in [-0.3, -0.25) is 5.84 Å². The van der Waals surface area contributed by atoms with Crippen molar-refractivity contribution in [3.8, 4) is 0 Å². The van der Waals surface area contributed by atoms with E-state index in [1.54, 1.807) is 5.01 Å². The second kappa shape index (κ2) is 8.10. The number of hydrogen-bond donors (Lipinski definition) is 1. The van der Waals surface area contributed by atoms with Crippen LogP contribution < -0.4 is 5.84 Å². The van der Waals surface area contributed by atoms with Crippen molar-refractivity contribution in [3.63, 3.8) is 0 Å². The summed E-state index contributed by atoms with van der Waals surface area (Å²) in [6, 6.07) is 0. The van der Waals surface area contributed by atoms with E-state index >= 15 is 0 Å². The summed E-state index contributed by atoms with van der Waals surface area (Å²) >= 11 is 0. The molecule has 70 valence electrons. The molecule has 0 aliphatic carbocycles. The lowest BCUT2D eigenvalue weighted by atomic mass is 10.6. The van der Waals surface area contributed by atoms with E-state index in [1.807, 2.05) is 0 Å². The van der Waals surface area contributed by atoms with Gasteiger partial charge in [-0.25, -0.2) is 5.01 Å². The molecule has 0 saturated carbocycles. The first kappa shape index (κ1) is 11.0. The monoisotopic (exact) mass is 172 g/mol. The minimum atomic E-state index is 0.550. The Morgan fingerprint density at radius 1 is 1.08 bits per heavy atom. The maximum atomic E-state index is 5.56. The van der Waals surface area contributed by atoms with Gasteiger partial charge in [0, 0.05) is 13.1 Å². The summed E-state index contributed by atoms with van der Waals surface area (Å²) in [5.74, 6) is 5.56. The van der Waals surface area contributed by atoms with Crippen LogP contribution in [0.2, 0.25) is 0 Å². The SMILES string of the molecule is C=COCCN(N)CCOC=C. The lowest BCUT2D eigenvalue weighted by Gasteiger charge is -2.14. The van der Waals surface area contributed by atoms with Crippen molar-refractivity contribution in [2.45, 2.75) is 0 Å². The molecule has 0 saturated heterocycles. The maximum Gasteiger partial charge on any atom is 0.101 e. The molecule has 0 aliphatic heterocycles. The minimum absolute atomic E-state index is 0.550. The number of hydrogen-bond acceptors (Lipinski definition) is 4. The van der Waals surface area contributed by atoms with E-state index < -0.39 is 0 Å². The molecule has 0 rings (SSSR count). The zero-order valence-corrected chi connectivity index (χ0v) is 7.24. The van der Waals surface area contributed by atoms with Crippen LogP contribution in [-0.2, 0) is 9.47 Å². The molecular formula is C8H16N2O2. The van der Waals surface area contributed by atoms with Crippen LogP contribution in [-0.4, -0.2) is 31.3 Å². The zero-order chi connectivity index (χ0) is 9.23. The highest BCUT2D eigenvalue weighted by Gasteiger charge is 1.96. The first-order valence-electron chi connectivity index (χ1n) is 3.76. The largest absolute Gasteiger partial charge is 0.500 e. The van der Waals surface area contributed by atoms with Gasteiger partial charge >= 0.3 is 0 Å². The maximum absolute atomic E-state index is 5.56. The minimum Gasteiger partial charge on any atom is -0.500 e. The van der Waals surface area contributed by atoms with Crippen LogP contribution in [0.1, 0.15) is 0 Å². The Kier molecular flexibility index (Phi) is 7.42. The van der Waals surface area contributed by atoms with Crippen molar-refractivity contribution in [3.05, 3.63) is 25.7 Å². The number of ether oxygens (including phenoxy) is 2. The fourth-order valence-corrected chi connectivity index (χ4v) is 0.618. The Hall–Kier alpha value is -1.00. The molecule has 4 nitrogen and oxygen atoms in total. The molecule has 0 aromatic heterocycles. The standard InChI is InChI=1S/C8H16N2O2/c1-3-11-7-5-10(9)6-8-12-4-2/h3-4H,1-2,5-9H2. The highest BCUT2D eigenvalue weighted by Crippen LogP contribution is 1.82. The van der Waals surface area contributed by atoms with E-state index in [-0.39, 0.29) is 0 Å². The molecule has 0 aliphatic rings. The van der Waals surface area contributed by atoms with Crippen LogP contribution in [0.4, 0.5) is 0 Å². The Labute approximate surface area is 73.2 Å². The zero-order valence-electron chi connectivity index (χ0n) is 7.24. The lowest BCUT2D eigenvalue weighted by molar-refractivity contribution is 0.144. The van der Waals surface area contributed by atoms with Crippen molar-refractivity contribution in [2.75, 3.05) is 26.3 Å². The first-order chi connectivity index (χ1) is 5.81. The van der Waals surface area contributed by atoms with Gasteiger partial charge in [0.2, 0.25) is 0 Å². The third-order valence-electron chi connectivity index (χ3n) is 1.23. The molecule has 0 aromatic rings. The van der Waals surface area contributed by atoms with E-state index in [0.717, 1.165) is 0 Å². The van der Waals surface area contributed by atoms with Gasteiger partial charge in [-0.05, 0) is 0 Å². The quantitative estimate of drug-likeness (QED) is 0.250. The number of nitrogens with zero attached hydrogens (tertiary/aromatic N) is 1. The lowest BCUT2D eigenvalue weighted by Crippen LogP contribution is -2.36. The Bertz CT molecular complexity index is 114. The van der Waals surface area contributed by atoms with Gasteiger partial charge in [-0.1, -0.05) is 13.2 Å². The average Bonchev–Trinajstić information content (AvgIpc) is 2.06. The fourth-order valence-electron chi connectivity index (χ4n) is 0.618. The number of nitrogens with two attached hydrogens (primary N) is 1. The van der Waals surface area contributed by atoms with Gasteiger partial charge in [0.25, 0.3) is 0 Å². The summed E-state index contributed by atoms with van der Waals surface area (Å²) in [5.41, 5.74) is 0. The van der Waals surface area contributed by atoms with Crippen LogP contribution in [0.25, 0.3) is 0 Å².